The number of amides is 1. The SMILES string of the molecule is Cc1cc(OCCCCN2C(=O)C(=O)c3cc(Cl)ccc32)cc(C)c1Cl. The van der Waals surface area contributed by atoms with E-state index in [4.69, 9.17) is 27.9 Å². The summed E-state index contributed by atoms with van der Waals surface area (Å²) in [7, 11) is 0. The molecule has 1 heterocycles. The van der Waals surface area contributed by atoms with Crippen LogP contribution in [0.5, 0.6) is 5.75 Å². The van der Waals surface area contributed by atoms with E-state index in [9.17, 15) is 9.59 Å². The molecule has 0 unspecified atom stereocenters. The van der Waals surface area contributed by atoms with E-state index < -0.39 is 11.7 Å². The summed E-state index contributed by atoms with van der Waals surface area (Å²) >= 11 is 12.1. The molecule has 0 saturated heterocycles. The fourth-order valence-electron chi connectivity index (χ4n) is 3.05. The summed E-state index contributed by atoms with van der Waals surface area (Å²) in [5.41, 5.74) is 2.98. The van der Waals surface area contributed by atoms with Crippen LogP contribution in [0.25, 0.3) is 0 Å². The zero-order valence-corrected chi connectivity index (χ0v) is 16.2. The smallest absolute Gasteiger partial charge is 0.299 e. The first-order valence-electron chi connectivity index (χ1n) is 8.44. The maximum atomic E-state index is 12.2. The van der Waals surface area contributed by atoms with Gasteiger partial charge in [-0.1, -0.05) is 23.2 Å². The second-order valence-electron chi connectivity index (χ2n) is 6.37. The van der Waals surface area contributed by atoms with Crippen LogP contribution in [0, 0.1) is 13.8 Å². The van der Waals surface area contributed by atoms with Crippen LogP contribution in [0.15, 0.2) is 30.3 Å². The van der Waals surface area contributed by atoms with Crippen molar-refractivity contribution in [2.75, 3.05) is 18.1 Å². The van der Waals surface area contributed by atoms with Gasteiger partial charge in [-0.3, -0.25) is 9.59 Å². The summed E-state index contributed by atoms with van der Waals surface area (Å²) in [5, 5.41) is 1.21. The summed E-state index contributed by atoms with van der Waals surface area (Å²) in [6.45, 7) is 4.90. The van der Waals surface area contributed by atoms with E-state index in [0.29, 0.717) is 29.4 Å². The van der Waals surface area contributed by atoms with E-state index in [2.05, 4.69) is 0 Å². The largest absolute Gasteiger partial charge is 0.494 e. The second-order valence-corrected chi connectivity index (χ2v) is 7.19. The molecular formula is C20H19Cl2NO3. The Bertz CT molecular complexity index is 856. The first kappa shape index (κ1) is 18.7. The quantitative estimate of drug-likeness (QED) is 0.514. The van der Waals surface area contributed by atoms with Gasteiger partial charge in [-0.05, 0) is 68.1 Å². The van der Waals surface area contributed by atoms with Crippen LogP contribution in [-0.4, -0.2) is 24.8 Å². The zero-order chi connectivity index (χ0) is 18.8. The number of rotatable bonds is 6. The van der Waals surface area contributed by atoms with Crippen LogP contribution in [0.3, 0.4) is 0 Å². The number of fused-ring (bicyclic) bond motifs is 1. The standard InChI is InChI=1S/C20H19Cl2NO3/c1-12-9-15(10-13(2)18(12)22)26-8-4-3-7-23-17-6-5-14(21)11-16(17)19(24)20(23)25/h5-6,9-11H,3-4,7-8H2,1-2H3. The number of aryl methyl sites for hydroxylation is 2. The fraction of sp³-hybridized carbons (Fsp3) is 0.300. The van der Waals surface area contributed by atoms with Crippen molar-refractivity contribution in [2.45, 2.75) is 26.7 Å². The molecular weight excluding hydrogens is 373 g/mol. The summed E-state index contributed by atoms with van der Waals surface area (Å²) in [6.07, 6.45) is 1.49. The van der Waals surface area contributed by atoms with Gasteiger partial charge in [0, 0.05) is 16.6 Å². The van der Waals surface area contributed by atoms with Crippen LogP contribution in [0.2, 0.25) is 10.0 Å². The summed E-state index contributed by atoms with van der Waals surface area (Å²) in [6, 6.07) is 8.78. The molecule has 0 fully saturated rings. The number of Topliss-reactive ketones (excluding diaryl/α,β-unsaturated/α-hetero) is 1. The number of halogens is 2. The molecule has 0 atom stereocenters. The Kier molecular flexibility index (Phi) is 5.54. The third kappa shape index (κ3) is 3.71. The highest BCUT2D eigenvalue weighted by atomic mass is 35.5. The summed E-state index contributed by atoms with van der Waals surface area (Å²) in [4.78, 5) is 25.7. The molecule has 26 heavy (non-hydrogen) atoms. The van der Waals surface area contributed by atoms with Gasteiger partial charge in [-0.15, -0.1) is 0 Å². The molecule has 1 aliphatic rings. The number of carbonyl (C=O) groups is 2. The van der Waals surface area contributed by atoms with Crippen molar-refractivity contribution in [3.05, 3.63) is 57.1 Å². The number of nitrogens with zero attached hydrogens (tertiary/aromatic N) is 1. The van der Waals surface area contributed by atoms with Gasteiger partial charge in [0.1, 0.15) is 5.75 Å². The Morgan fingerprint density at radius 2 is 1.69 bits per heavy atom. The fourth-order valence-corrected chi connectivity index (χ4v) is 3.33. The minimum atomic E-state index is -0.495. The van der Waals surface area contributed by atoms with Gasteiger partial charge in [0.25, 0.3) is 11.7 Å². The van der Waals surface area contributed by atoms with Gasteiger partial charge in [0.15, 0.2) is 0 Å². The molecule has 1 amide bonds. The van der Waals surface area contributed by atoms with Crippen LogP contribution in [-0.2, 0) is 4.79 Å². The molecule has 0 N–H and O–H groups in total. The molecule has 0 aliphatic carbocycles. The van der Waals surface area contributed by atoms with Crippen molar-refractivity contribution < 1.29 is 14.3 Å². The third-order valence-electron chi connectivity index (χ3n) is 4.39. The lowest BCUT2D eigenvalue weighted by Gasteiger charge is -2.16. The average Bonchev–Trinajstić information content (AvgIpc) is 2.83. The number of hydrogen-bond acceptors (Lipinski definition) is 3. The Morgan fingerprint density at radius 3 is 2.38 bits per heavy atom. The van der Waals surface area contributed by atoms with Crippen LogP contribution in [0.4, 0.5) is 5.69 Å². The highest BCUT2D eigenvalue weighted by Gasteiger charge is 2.35. The van der Waals surface area contributed by atoms with E-state index in [0.717, 1.165) is 34.7 Å². The van der Waals surface area contributed by atoms with Gasteiger partial charge in [0.05, 0.1) is 17.9 Å². The normalized spacial score (nSPS) is 13.3. The van der Waals surface area contributed by atoms with Crippen molar-refractivity contribution >= 4 is 40.6 Å². The average molecular weight is 392 g/mol. The van der Waals surface area contributed by atoms with Crippen molar-refractivity contribution in [2.24, 2.45) is 0 Å². The van der Waals surface area contributed by atoms with E-state index in [1.807, 2.05) is 26.0 Å². The number of ether oxygens (including phenoxy) is 1. The van der Waals surface area contributed by atoms with Crippen molar-refractivity contribution in [1.82, 2.24) is 0 Å². The first-order valence-corrected chi connectivity index (χ1v) is 9.19. The molecule has 0 aromatic heterocycles. The topological polar surface area (TPSA) is 46.6 Å². The van der Waals surface area contributed by atoms with Crippen LogP contribution < -0.4 is 9.64 Å². The van der Waals surface area contributed by atoms with Gasteiger partial charge < -0.3 is 9.64 Å². The van der Waals surface area contributed by atoms with Gasteiger partial charge in [0.2, 0.25) is 0 Å². The lowest BCUT2D eigenvalue weighted by atomic mass is 10.1. The summed E-state index contributed by atoms with van der Waals surface area (Å²) < 4.78 is 5.77. The van der Waals surface area contributed by atoms with E-state index in [-0.39, 0.29) is 0 Å². The lowest BCUT2D eigenvalue weighted by Crippen LogP contribution is -2.30. The maximum absolute atomic E-state index is 12.2. The second kappa shape index (κ2) is 7.68. The van der Waals surface area contributed by atoms with Crippen LogP contribution >= 0.6 is 23.2 Å². The number of benzene rings is 2. The molecule has 0 bridgehead atoms. The Labute approximate surface area is 162 Å². The molecule has 3 rings (SSSR count). The molecule has 0 spiro atoms. The minimum absolute atomic E-state index is 0.380. The number of carbonyl (C=O) groups excluding carboxylic acids is 2. The molecule has 4 nitrogen and oxygen atoms in total. The molecule has 6 heteroatoms. The zero-order valence-electron chi connectivity index (χ0n) is 14.6. The third-order valence-corrected chi connectivity index (χ3v) is 5.22. The minimum Gasteiger partial charge on any atom is -0.494 e. The number of unbranched alkanes of at least 4 members (excludes halogenated alkanes) is 1. The molecule has 0 saturated carbocycles. The molecule has 0 radical (unpaired) electrons. The predicted octanol–water partition coefficient (Wildman–Crippen LogP) is 5.00. The van der Waals surface area contributed by atoms with Crippen molar-refractivity contribution in [3.8, 4) is 5.75 Å². The Balaban J connectivity index is 1.53. The number of ketones is 1. The van der Waals surface area contributed by atoms with Gasteiger partial charge >= 0.3 is 0 Å². The lowest BCUT2D eigenvalue weighted by molar-refractivity contribution is -0.114. The van der Waals surface area contributed by atoms with Gasteiger partial charge in [-0.25, -0.2) is 0 Å². The summed E-state index contributed by atoms with van der Waals surface area (Å²) in [5.74, 6) is -0.199. The van der Waals surface area contributed by atoms with Crippen LogP contribution in [0.1, 0.15) is 34.3 Å². The highest BCUT2D eigenvalue weighted by molar-refractivity contribution is 6.52. The van der Waals surface area contributed by atoms with E-state index >= 15 is 0 Å². The Hall–Kier alpha value is -2.04. The monoisotopic (exact) mass is 391 g/mol. The molecule has 1 aliphatic heterocycles. The number of hydrogen-bond donors (Lipinski definition) is 0. The van der Waals surface area contributed by atoms with Gasteiger partial charge in [-0.2, -0.15) is 0 Å². The predicted molar refractivity (Wildman–Crippen MR) is 104 cm³/mol. The first-order chi connectivity index (χ1) is 12.4. The Morgan fingerprint density at radius 1 is 1.00 bits per heavy atom. The molecule has 2 aromatic rings. The maximum Gasteiger partial charge on any atom is 0.299 e. The van der Waals surface area contributed by atoms with Crippen molar-refractivity contribution in [1.29, 1.82) is 0 Å². The van der Waals surface area contributed by atoms with E-state index in [1.165, 1.54) is 4.90 Å². The molecule has 136 valence electrons. The molecule has 2 aromatic carbocycles. The number of anilines is 1. The van der Waals surface area contributed by atoms with E-state index in [1.54, 1.807) is 18.2 Å². The highest BCUT2D eigenvalue weighted by Crippen LogP contribution is 2.31. The van der Waals surface area contributed by atoms with Crippen molar-refractivity contribution in [3.63, 3.8) is 0 Å².